The van der Waals surface area contributed by atoms with Crippen molar-refractivity contribution in [2.45, 2.75) is 26.2 Å². The number of aliphatic hydroxyl groups excluding tert-OH is 2. The summed E-state index contributed by atoms with van der Waals surface area (Å²) < 4.78 is 29.5. The third-order valence-electron chi connectivity index (χ3n) is 7.92. The van der Waals surface area contributed by atoms with E-state index in [0.29, 0.717) is 80.2 Å². The lowest BCUT2D eigenvalue weighted by Gasteiger charge is -2.14. The fraction of sp³-hybridized carbons (Fsp3) is 0.250. The van der Waals surface area contributed by atoms with Crippen molar-refractivity contribution in [3.8, 4) is 34.1 Å². The van der Waals surface area contributed by atoms with Crippen LogP contribution in [0.5, 0.6) is 23.0 Å². The van der Waals surface area contributed by atoms with Gasteiger partial charge in [-0.05, 0) is 52.9 Å². The van der Waals surface area contributed by atoms with Crippen LogP contribution in [0.2, 0.25) is 0 Å². The zero-order chi connectivity index (χ0) is 29.7. The van der Waals surface area contributed by atoms with Crippen molar-refractivity contribution in [3.05, 3.63) is 80.8 Å². The van der Waals surface area contributed by atoms with E-state index >= 15 is 0 Å². The number of ketones is 1. The monoisotopic (exact) mass is 571 g/mol. The molecule has 0 aliphatic carbocycles. The summed E-state index contributed by atoms with van der Waals surface area (Å²) in [7, 11) is 6.04. The molecule has 3 aromatic carbocycles. The number of methoxy groups -OCH3 is 4. The van der Waals surface area contributed by atoms with Gasteiger partial charge in [0.2, 0.25) is 5.78 Å². The van der Waals surface area contributed by atoms with Gasteiger partial charge in [-0.3, -0.25) is 4.79 Å². The molecule has 2 aromatic heterocycles. The maximum atomic E-state index is 14.5. The summed E-state index contributed by atoms with van der Waals surface area (Å²) in [5.74, 6) is 1.41. The highest BCUT2D eigenvalue weighted by Gasteiger charge is 2.33. The first-order chi connectivity index (χ1) is 20.4. The summed E-state index contributed by atoms with van der Waals surface area (Å²) >= 11 is 0. The van der Waals surface area contributed by atoms with Crippen LogP contribution in [0, 0.1) is 0 Å². The first-order valence-electron chi connectivity index (χ1n) is 13.3. The van der Waals surface area contributed by atoms with Crippen LogP contribution in [0.3, 0.4) is 0 Å². The van der Waals surface area contributed by atoms with E-state index in [1.165, 1.54) is 28.4 Å². The molecule has 2 N–H and O–H groups in total. The maximum Gasteiger partial charge on any atom is 0.361 e. The number of rotatable bonds is 7. The summed E-state index contributed by atoms with van der Waals surface area (Å²) in [6.07, 6.45) is 0.437. The average Bonchev–Trinajstić information content (AvgIpc) is 3.31. The fourth-order valence-electron chi connectivity index (χ4n) is 5.90. The Balaban J connectivity index is 1.78. The quantitative estimate of drug-likeness (QED) is 0.276. The molecule has 5 aromatic rings. The van der Waals surface area contributed by atoms with E-state index in [0.717, 1.165) is 5.56 Å². The average molecular weight is 572 g/mol. The maximum absolute atomic E-state index is 14.5. The molecule has 0 spiro atoms. The molecule has 0 saturated heterocycles. The molecule has 6 rings (SSSR count). The largest absolute Gasteiger partial charge is 0.493 e. The highest BCUT2D eigenvalue weighted by Crippen LogP contribution is 2.44. The second-order valence-corrected chi connectivity index (χ2v) is 9.93. The first kappa shape index (κ1) is 27.4. The van der Waals surface area contributed by atoms with Crippen LogP contribution in [-0.2, 0) is 26.2 Å². The molecule has 216 valence electrons. The van der Waals surface area contributed by atoms with Crippen LogP contribution >= 0.6 is 0 Å². The van der Waals surface area contributed by atoms with Crippen LogP contribution in [-0.4, -0.2) is 49.0 Å². The smallest absolute Gasteiger partial charge is 0.361 e. The van der Waals surface area contributed by atoms with Gasteiger partial charge in [-0.1, -0.05) is 12.1 Å². The zero-order valence-electron chi connectivity index (χ0n) is 23.6. The summed E-state index contributed by atoms with van der Waals surface area (Å²) in [5.41, 5.74) is 3.52. The molecule has 42 heavy (non-hydrogen) atoms. The van der Waals surface area contributed by atoms with Crippen LogP contribution in [0.25, 0.3) is 33.0 Å². The Bertz CT molecular complexity index is 1950. The van der Waals surface area contributed by atoms with Gasteiger partial charge in [0.15, 0.2) is 23.0 Å². The highest BCUT2D eigenvalue weighted by molar-refractivity contribution is 6.23. The predicted molar refractivity (Wildman–Crippen MR) is 155 cm³/mol. The predicted octanol–water partition coefficient (Wildman–Crippen LogP) is 4.22. The summed E-state index contributed by atoms with van der Waals surface area (Å²) in [6, 6.07) is 12.0. The van der Waals surface area contributed by atoms with Gasteiger partial charge in [0.05, 0.1) is 47.3 Å². The Morgan fingerprint density at radius 2 is 1.45 bits per heavy atom. The van der Waals surface area contributed by atoms with Crippen molar-refractivity contribution in [2.75, 3.05) is 28.4 Å². The van der Waals surface area contributed by atoms with Crippen molar-refractivity contribution in [1.82, 2.24) is 4.57 Å². The molecule has 10 nitrogen and oxygen atoms in total. The van der Waals surface area contributed by atoms with Crippen LogP contribution in [0.4, 0.5) is 0 Å². The van der Waals surface area contributed by atoms with Gasteiger partial charge >= 0.3 is 5.63 Å². The van der Waals surface area contributed by atoms with Gasteiger partial charge in [-0.25, -0.2) is 4.79 Å². The van der Waals surface area contributed by atoms with Crippen LogP contribution in [0.1, 0.15) is 32.7 Å². The van der Waals surface area contributed by atoms with E-state index in [1.807, 2.05) is 0 Å². The number of carbonyl (C=O) groups excluding carboxylic acids is 1. The number of aliphatic hydroxyl groups is 2. The molecule has 1 aliphatic heterocycles. The summed E-state index contributed by atoms with van der Waals surface area (Å²) in [6.45, 7) is -0.271. The molecule has 0 saturated carbocycles. The molecule has 10 heteroatoms. The SMILES string of the molecule is COc1cc2c(cc1OC)C(=O)c1c(-c3ccc(CO)c(CO)c3)c3c4cc(OC)c(OC)cc4oc(=O)c3n1CC2. The molecule has 1 aliphatic rings. The second-order valence-electron chi connectivity index (χ2n) is 9.93. The van der Waals surface area contributed by atoms with Gasteiger partial charge < -0.3 is 38.1 Å². The van der Waals surface area contributed by atoms with Crippen molar-refractivity contribution >= 4 is 27.7 Å². The lowest BCUT2D eigenvalue weighted by Crippen LogP contribution is -2.12. The van der Waals surface area contributed by atoms with E-state index in [4.69, 9.17) is 23.4 Å². The van der Waals surface area contributed by atoms with Crippen LogP contribution < -0.4 is 24.6 Å². The van der Waals surface area contributed by atoms with E-state index in [1.54, 1.807) is 47.0 Å². The number of hydrogen-bond donors (Lipinski definition) is 2. The van der Waals surface area contributed by atoms with Crippen molar-refractivity contribution in [1.29, 1.82) is 0 Å². The van der Waals surface area contributed by atoms with E-state index in [9.17, 15) is 19.8 Å². The minimum absolute atomic E-state index is 0.233. The second kappa shape index (κ2) is 10.6. The number of ether oxygens (including phenoxy) is 4. The van der Waals surface area contributed by atoms with Crippen LogP contribution in [0.15, 0.2) is 51.7 Å². The fourth-order valence-corrected chi connectivity index (χ4v) is 5.90. The molecular formula is C32H29NO9. The minimum Gasteiger partial charge on any atom is -0.493 e. The number of fused-ring (bicyclic) bond motifs is 6. The van der Waals surface area contributed by atoms with Gasteiger partial charge in [0.1, 0.15) is 11.1 Å². The van der Waals surface area contributed by atoms with Gasteiger partial charge in [0.25, 0.3) is 0 Å². The Kier molecular flexibility index (Phi) is 6.88. The molecule has 0 unspecified atom stereocenters. The normalized spacial score (nSPS) is 12.7. The summed E-state index contributed by atoms with van der Waals surface area (Å²) in [4.78, 5) is 28.2. The van der Waals surface area contributed by atoms with E-state index in [-0.39, 0.29) is 30.1 Å². The number of carbonyl (C=O) groups is 1. The first-order valence-corrected chi connectivity index (χ1v) is 13.3. The number of aryl methyl sites for hydroxylation is 2. The van der Waals surface area contributed by atoms with Crippen molar-refractivity contribution in [3.63, 3.8) is 0 Å². The standard InChI is InChI=1S/C32H29NO9/c1-38-23-10-16-7-8-33-29(31(36)20(16)11-24(23)39-2)27(17-5-6-18(14-34)19(9-17)15-35)28-21-12-25(40-3)26(41-4)13-22(21)42-32(37)30(28)33/h5-6,9-13,34-35H,7-8,14-15H2,1-4H3. The molecule has 0 amide bonds. The van der Waals surface area contributed by atoms with Crippen molar-refractivity contribution in [2.24, 2.45) is 0 Å². The van der Waals surface area contributed by atoms with E-state index in [2.05, 4.69) is 0 Å². The lowest BCUT2D eigenvalue weighted by molar-refractivity contribution is 0.103. The van der Waals surface area contributed by atoms with Crippen molar-refractivity contribution < 1.29 is 38.4 Å². The number of benzene rings is 3. The number of hydrogen-bond acceptors (Lipinski definition) is 9. The third-order valence-corrected chi connectivity index (χ3v) is 7.92. The minimum atomic E-state index is -0.611. The molecule has 0 radical (unpaired) electrons. The number of nitrogens with zero attached hydrogens (tertiary/aromatic N) is 1. The topological polar surface area (TPSA) is 130 Å². The summed E-state index contributed by atoms with van der Waals surface area (Å²) in [5, 5.41) is 21.0. The Labute approximate surface area is 240 Å². The molecule has 3 heterocycles. The highest BCUT2D eigenvalue weighted by atomic mass is 16.5. The zero-order valence-corrected chi connectivity index (χ0v) is 23.6. The van der Waals surface area contributed by atoms with Gasteiger partial charge in [-0.15, -0.1) is 0 Å². The lowest BCUT2D eigenvalue weighted by atomic mass is 9.92. The molecule has 0 atom stereocenters. The van der Waals surface area contributed by atoms with E-state index < -0.39 is 5.63 Å². The van der Waals surface area contributed by atoms with Gasteiger partial charge in [-0.2, -0.15) is 0 Å². The number of aromatic nitrogens is 1. The van der Waals surface area contributed by atoms with Gasteiger partial charge in [0, 0.05) is 34.5 Å². The molecule has 0 fully saturated rings. The Morgan fingerprint density at radius 1 is 0.810 bits per heavy atom. The Morgan fingerprint density at radius 3 is 2.12 bits per heavy atom. The molecular weight excluding hydrogens is 542 g/mol. The Hall–Kier alpha value is -4.80. The molecule has 0 bridgehead atoms. The third kappa shape index (κ3) is 4.02.